The van der Waals surface area contributed by atoms with Gasteiger partial charge in [-0.15, -0.1) is 11.6 Å². The number of anilines is 1. The molecule has 0 aliphatic heterocycles. The molecule has 20 heavy (non-hydrogen) atoms. The second-order valence-corrected chi connectivity index (χ2v) is 4.36. The fourth-order valence-corrected chi connectivity index (χ4v) is 1.74. The lowest BCUT2D eigenvalue weighted by atomic mass is 10.1. The minimum Gasteiger partial charge on any atom is -0.480 e. The van der Waals surface area contributed by atoms with Crippen LogP contribution in [0.15, 0.2) is 24.3 Å². The standard InChI is InChI=1S/C14H21ClN2O3/c1-20-9-8-17(7-6-15)12-4-2-11(3-5-12)10-13(16)14(18)19/h2-5,13H,6-10,16H2,1H3,(H,18,19)/t13-/m0/s1/i6D2,7D2. The van der Waals surface area contributed by atoms with E-state index in [1.54, 1.807) is 24.3 Å². The average Bonchev–Trinajstić information content (AvgIpc) is 2.47. The molecule has 0 aliphatic rings. The van der Waals surface area contributed by atoms with Crippen molar-refractivity contribution in [1.29, 1.82) is 0 Å². The van der Waals surface area contributed by atoms with Gasteiger partial charge in [0, 0.05) is 34.4 Å². The monoisotopic (exact) mass is 304 g/mol. The maximum Gasteiger partial charge on any atom is 0.320 e. The lowest BCUT2D eigenvalue weighted by Crippen LogP contribution is -2.32. The number of alkyl halides is 1. The molecule has 0 spiro atoms. The summed E-state index contributed by atoms with van der Waals surface area (Å²) in [6.07, 6.45) is 0.136. The zero-order chi connectivity index (χ0) is 18.5. The summed E-state index contributed by atoms with van der Waals surface area (Å²) in [6, 6.07) is 5.36. The summed E-state index contributed by atoms with van der Waals surface area (Å²) < 4.78 is 36.0. The normalized spacial score (nSPS) is 16.6. The number of carboxylic acid groups (broad SMARTS) is 1. The number of hydrogen-bond acceptors (Lipinski definition) is 4. The predicted octanol–water partition coefficient (Wildman–Crippen LogP) is 1.33. The van der Waals surface area contributed by atoms with E-state index in [0.29, 0.717) is 11.3 Å². The summed E-state index contributed by atoms with van der Waals surface area (Å²) in [4.78, 5) is 12.0. The van der Waals surface area contributed by atoms with Crippen LogP contribution in [0, 0.1) is 0 Å². The van der Waals surface area contributed by atoms with Crippen molar-refractivity contribution in [2.45, 2.75) is 12.5 Å². The fourth-order valence-electron chi connectivity index (χ4n) is 1.64. The number of carboxylic acids is 1. The number of halogens is 1. The van der Waals surface area contributed by atoms with Crippen LogP contribution in [-0.4, -0.2) is 49.7 Å². The van der Waals surface area contributed by atoms with E-state index >= 15 is 0 Å². The van der Waals surface area contributed by atoms with Crippen molar-refractivity contribution in [2.24, 2.45) is 5.73 Å². The highest BCUT2D eigenvalue weighted by Gasteiger charge is 2.12. The Bertz CT molecular complexity index is 552. The molecule has 5 nitrogen and oxygen atoms in total. The van der Waals surface area contributed by atoms with E-state index in [2.05, 4.69) is 0 Å². The van der Waals surface area contributed by atoms with Gasteiger partial charge in [0.25, 0.3) is 0 Å². The highest BCUT2D eigenvalue weighted by Crippen LogP contribution is 2.16. The SMILES string of the molecule is [2H]C([2H])(Cl)C([2H])([2H])N(CCOC)c1ccc(C[C@H](N)C(=O)O)cc1. The van der Waals surface area contributed by atoms with Gasteiger partial charge >= 0.3 is 5.97 Å². The Morgan fingerprint density at radius 1 is 1.55 bits per heavy atom. The predicted molar refractivity (Wildman–Crippen MR) is 80.6 cm³/mol. The molecule has 1 atom stereocenters. The molecule has 0 bridgehead atoms. The summed E-state index contributed by atoms with van der Waals surface area (Å²) in [5, 5.41) is 8.83. The van der Waals surface area contributed by atoms with Gasteiger partial charge < -0.3 is 20.5 Å². The van der Waals surface area contributed by atoms with Crippen LogP contribution < -0.4 is 10.6 Å². The number of rotatable bonds is 9. The van der Waals surface area contributed by atoms with Crippen molar-refractivity contribution >= 4 is 23.3 Å². The third kappa shape index (κ3) is 5.36. The molecule has 0 unspecified atom stereocenters. The zero-order valence-corrected chi connectivity index (χ0v) is 11.9. The number of carbonyl (C=O) groups is 1. The third-order valence-corrected chi connectivity index (χ3v) is 2.80. The average molecular weight is 305 g/mol. The van der Waals surface area contributed by atoms with Crippen LogP contribution in [0.1, 0.15) is 11.0 Å². The summed E-state index contributed by atoms with van der Waals surface area (Å²) in [7, 11) is 1.46. The maximum absolute atomic E-state index is 10.8. The number of nitrogens with two attached hydrogens (primary N) is 1. The highest BCUT2D eigenvalue weighted by molar-refractivity contribution is 6.18. The van der Waals surface area contributed by atoms with Crippen molar-refractivity contribution in [3.63, 3.8) is 0 Å². The third-order valence-electron chi connectivity index (χ3n) is 2.72. The van der Waals surface area contributed by atoms with Crippen molar-refractivity contribution in [2.75, 3.05) is 37.5 Å². The maximum atomic E-state index is 10.8. The first-order valence-electron chi connectivity index (χ1n) is 8.03. The second kappa shape index (κ2) is 8.79. The quantitative estimate of drug-likeness (QED) is 0.673. The minimum atomic E-state index is -2.62. The number of aliphatic carboxylic acids is 1. The number of ether oxygens (including phenoxy) is 1. The van der Waals surface area contributed by atoms with Crippen LogP contribution in [0.3, 0.4) is 0 Å². The summed E-state index contributed by atoms with van der Waals surface area (Å²) >= 11 is 5.58. The number of hydrogen-bond donors (Lipinski definition) is 2. The molecule has 0 aromatic heterocycles. The summed E-state index contributed by atoms with van der Waals surface area (Å²) in [5.74, 6) is -3.72. The van der Waals surface area contributed by atoms with Gasteiger partial charge in [0.15, 0.2) is 0 Å². The van der Waals surface area contributed by atoms with Gasteiger partial charge in [0.1, 0.15) is 6.04 Å². The van der Waals surface area contributed by atoms with Crippen molar-refractivity contribution in [1.82, 2.24) is 0 Å². The van der Waals surface area contributed by atoms with Gasteiger partial charge in [-0.25, -0.2) is 0 Å². The Kier molecular flexibility index (Phi) is 5.00. The van der Waals surface area contributed by atoms with Gasteiger partial charge in [-0.1, -0.05) is 12.1 Å². The molecule has 0 heterocycles. The number of methoxy groups -OCH3 is 1. The first kappa shape index (κ1) is 11.4. The molecule has 0 saturated heterocycles. The first-order valence-corrected chi connectivity index (χ1v) is 6.41. The highest BCUT2D eigenvalue weighted by atomic mass is 35.5. The Balaban J connectivity index is 3.05. The molecule has 3 N–H and O–H groups in total. The van der Waals surface area contributed by atoms with Crippen LogP contribution >= 0.6 is 11.6 Å². The molecule has 1 rings (SSSR count). The lowest BCUT2D eigenvalue weighted by molar-refractivity contribution is -0.138. The number of benzene rings is 1. The Morgan fingerprint density at radius 2 is 2.20 bits per heavy atom. The van der Waals surface area contributed by atoms with E-state index in [4.69, 9.17) is 32.7 Å². The Morgan fingerprint density at radius 3 is 2.70 bits per heavy atom. The molecule has 0 amide bonds. The summed E-state index contributed by atoms with van der Waals surface area (Å²) in [6.45, 7) is -2.21. The van der Waals surface area contributed by atoms with Crippen LogP contribution in [0.2, 0.25) is 0 Å². The van der Waals surface area contributed by atoms with Gasteiger partial charge in [0.05, 0.1) is 9.35 Å². The van der Waals surface area contributed by atoms with Crippen LogP contribution in [0.5, 0.6) is 0 Å². The molecular formula is C14H21ClN2O3. The van der Waals surface area contributed by atoms with E-state index in [0.717, 1.165) is 0 Å². The Labute approximate surface area is 129 Å². The van der Waals surface area contributed by atoms with Crippen LogP contribution in [0.4, 0.5) is 5.69 Å². The summed E-state index contributed by atoms with van der Waals surface area (Å²) in [5.41, 5.74) is 6.56. The van der Waals surface area contributed by atoms with Crippen molar-refractivity contribution in [3.05, 3.63) is 29.8 Å². The van der Waals surface area contributed by atoms with Crippen molar-refractivity contribution in [3.8, 4) is 0 Å². The topological polar surface area (TPSA) is 75.8 Å². The van der Waals surface area contributed by atoms with E-state index in [1.165, 1.54) is 12.0 Å². The van der Waals surface area contributed by atoms with Gasteiger partial charge in [-0.3, -0.25) is 4.79 Å². The van der Waals surface area contributed by atoms with Crippen LogP contribution in [0.25, 0.3) is 0 Å². The molecule has 1 aromatic rings. The second-order valence-electron chi connectivity index (χ2n) is 4.17. The van der Waals surface area contributed by atoms with Gasteiger partial charge in [-0.05, 0) is 24.1 Å². The first-order chi connectivity index (χ1) is 11.0. The Hall–Kier alpha value is -1.30. The van der Waals surface area contributed by atoms with E-state index in [1.807, 2.05) is 0 Å². The van der Waals surface area contributed by atoms with E-state index < -0.39 is 24.3 Å². The molecule has 0 aliphatic carbocycles. The fraction of sp³-hybridized carbons (Fsp3) is 0.500. The van der Waals surface area contributed by atoms with E-state index in [-0.39, 0.29) is 19.6 Å². The molecule has 112 valence electrons. The minimum absolute atomic E-state index is 0.0870. The number of nitrogens with zero attached hydrogens (tertiary/aromatic N) is 1. The smallest absolute Gasteiger partial charge is 0.320 e. The molecule has 0 saturated carbocycles. The van der Waals surface area contributed by atoms with Crippen molar-refractivity contribution < 1.29 is 20.1 Å². The van der Waals surface area contributed by atoms with E-state index in [9.17, 15) is 4.79 Å². The largest absolute Gasteiger partial charge is 0.480 e. The zero-order valence-electron chi connectivity index (χ0n) is 15.2. The molecule has 1 aromatic carbocycles. The molecule has 6 heteroatoms. The van der Waals surface area contributed by atoms with Gasteiger partial charge in [0.2, 0.25) is 0 Å². The lowest BCUT2D eigenvalue weighted by Gasteiger charge is -2.23. The molecule has 0 fully saturated rings. The van der Waals surface area contributed by atoms with Crippen LogP contribution in [-0.2, 0) is 16.0 Å². The van der Waals surface area contributed by atoms with Gasteiger partial charge in [-0.2, -0.15) is 0 Å². The molecular weight excluding hydrogens is 280 g/mol. The molecule has 0 radical (unpaired) electrons.